The summed E-state index contributed by atoms with van der Waals surface area (Å²) in [4.78, 5) is 0. The molecule has 0 saturated carbocycles. The van der Waals surface area contributed by atoms with Crippen molar-refractivity contribution in [3.05, 3.63) is 76.4 Å². The molecule has 19 heavy (non-hydrogen) atoms. The molecular weight excluding hydrogens is 228 g/mol. The molecule has 0 amide bonds. The largest absolute Gasteiger partial charge is 0.0745 e. The maximum atomic E-state index is 2.43. The molecule has 3 aliphatic carbocycles. The summed E-state index contributed by atoms with van der Waals surface area (Å²) >= 11 is 0. The first-order chi connectivity index (χ1) is 9.12. The van der Waals surface area contributed by atoms with Crippen molar-refractivity contribution in [1.29, 1.82) is 0 Å². The van der Waals surface area contributed by atoms with Crippen molar-refractivity contribution in [3.63, 3.8) is 0 Å². The third-order valence-corrected chi connectivity index (χ3v) is 4.42. The minimum absolute atomic E-state index is 0.197. The molecule has 3 aliphatic rings. The average molecular weight is 246 g/mol. The van der Waals surface area contributed by atoms with E-state index in [4.69, 9.17) is 0 Å². The Hall–Kier alpha value is -1.82. The van der Waals surface area contributed by atoms with Crippen LogP contribution in [0.2, 0.25) is 0 Å². The zero-order valence-corrected chi connectivity index (χ0v) is 11.5. The standard InChI is InChI=1S/C19H18/c1-19(2)8-7-13-9-15-10-14-5-3-4-6-17(14)18(15)11-16(13)12-19/h3-9,12H,10-11H2,1-2H3. The van der Waals surface area contributed by atoms with Crippen molar-refractivity contribution in [2.45, 2.75) is 26.7 Å². The van der Waals surface area contributed by atoms with Crippen LogP contribution in [0, 0.1) is 5.41 Å². The van der Waals surface area contributed by atoms with Gasteiger partial charge in [-0.3, -0.25) is 0 Å². The molecule has 0 unspecified atom stereocenters. The van der Waals surface area contributed by atoms with Gasteiger partial charge >= 0.3 is 0 Å². The summed E-state index contributed by atoms with van der Waals surface area (Å²) in [6, 6.07) is 8.86. The molecule has 0 aliphatic heterocycles. The van der Waals surface area contributed by atoms with Crippen LogP contribution < -0.4 is 0 Å². The van der Waals surface area contributed by atoms with Gasteiger partial charge in [0, 0.05) is 5.41 Å². The molecule has 0 aromatic heterocycles. The van der Waals surface area contributed by atoms with Crippen LogP contribution in [0.3, 0.4) is 0 Å². The minimum Gasteiger partial charge on any atom is -0.0745 e. The Labute approximate surface area is 114 Å². The van der Waals surface area contributed by atoms with Gasteiger partial charge in [-0.25, -0.2) is 0 Å². The van der Waals surface area contributed by atoms with E-state index in [1.165, 1.54) is 27.8 Å². The van der Waals surface area contributed by atoms with E-state index in [9.17, 15) is 0 Å². The molecular formula is C19H18. The predicted molar refractivity (Wildman–Crippen MR) is 80.8 cm³/mol. The Balaban J connectivity index is 1.83. The van der Waals surface area contributed by atoms with E-state index >= 15 is 0 Å². The van der Waals surface area contributed by atoms with Gasteiger partial charge in [0.05, 0.1) is 0 Å². The third kappa shape index (κ3) is 1.67. The lowest BCUT2D eigenvalue weighted by molar-refractivity contribution is 0.613. The highest BCUT2D eigenvalue weighted by molar-refractivity contribution is 5.83. The van der Waals surface area contributed by atoms with Crippen LogP contribution in [-0.4, -0.2) is 0 Å². The molecule has 4 rings (SSSR count). The predicted octanol–water partition coefficient (Wildman–Crippen LogP) is 4.85. The molecule has 0 heterocycles. The molecule has 0 fully saturated rings. The highest BCUT2D eigenvalue weighted by Gasteiger charge is 2.27. The monoisotopic (exact) mass is 246 g/mol. The highest BCUT2D eigenvalue weighted by Crippen LogP contribution is 2.45. The number of allylic oxidation sites excluding steroid dienone is 8. The Bertz CT molecular complexity index is 691. The van der Waals surface area contributed by atoms with Gasteiger partial charge in [0.2, 0.25) is 0 Å². The quantitative estimate of drug-likeness (QED) is 0.614. The number of rotatable bonds is 0. The summed E-state index contributed by atoms with van der Waals surface area (Å²) < 4.78 is 0. The first-order valence-electron chi connectivity index (χ1n) is 7.06. The summed E-state index contributed by atoms with van der Waals surface area (Å²) in [6.45, 7) is 4.56. The maximum absolute atomic E-state index is 2.43. The van der Waals surface area contributed by atoms with E-state index in [0.717, 1.165) is 12.8 Å². The van der Waals surface area contributed by atoms with Gasteiger partial charge in [0.15, 0.2) is 0 Å². The van der Waals surface area contributed by atoms with Crippen LogP contribution in [0.25, 0.3) is 5.57 Å². The van der Waals surface area contributed by atoms with Crippen LogP contribution in [0.1, 0.15) is 31.4 Å². The lowest BCUT2D eigenvalue weighted by Crippen LogP contribution is -2.11. The number of hydrogen-bond donors (Lipinski definition) is 0. The molecule has 0 nitrogen and oxygen atoms in total. The van der Waals surface area contributed by atoms with Gasteiger partial charge in [-0.1, -0.05) is 62.4 Å². The summed E-state index contributed by atoms with van der Waals surface area (Å²) in [7, 11) is 0. The topological polar surface area (TPSA) is 0 Å². The van der Waals surface area contributed by atoms with Crippen molar-refractivity contribution < 1.29 is 0 Å². The van der Waals surface area contributed by atoms with Gasteiger partial charge in [0.25, 0.3) is 0 Å². The van der Waals surface area contributed by atoms with E-state index in [1.807, 2.05) is 0 Å². The van der Waals surface area contributed by atoms with Gasteiger partial charge in [-0.2, -0.15) is 0 Å². The number of hydrogen-bond acceptors (Lipinski definition) is 0. The smallest absolute Gasteiger partial charge is 0.00139 e. The summed E-state index contributed by atoms with van der Waals surface area (Å²) in [5, 5.41) is 0. The van der Waals surface area contributed by atoms with E-state index in [1.54, 1.807) is 5.57 Å². The zero-order chi connectivity index (χ0) is 13.0. The Morgan fingerprint density at radius 3 is 2.79 bits per heavy atom. The normalized spacial score (nSPS) is 22.4. The minimum atomic E-state index is 0.197. The van der Waals surface area contributed by atoms with Gasteiger partial charge in [0.1, 0.15) is 0 Å². The SMILES string of the molecule is CC1(C)C=CC2=CC3=C(CC2=C1)c1ccccc1C3. The van der Waals surface area contributed by atoms with Gasteiger partial charge in [-0.05, 0) is 46.3 Å². The van der Waals surface area contributed by atoms with E-state index in [2.05, 4.69) is 62.4 Å². The molecule has 0 radical (unpaired) electrons. The molecule has 1 aromatic rings. The molecule has 94 valence electrons. The van der Waals surface area contributed by atoms with Crippen LogP contribution >= 0.6 is 0 Å². The molecule has 0 heteroatoms. The van der Waals surface area contributed by atoms with Gasteiger partial charge in [-0.15, -0.1) is 0 Å². The van der Waals surface area contributed by atoms with Gasteiger partial charge < -0.3 is 0 Å². The van der Waals surface area contributed by atoms with E-state index < -0.39 is 0 Å². The fraction of sp³-hybridized carbons (Fsp3) is 0.263. The fourth-order valence-corrected chi connectivity index (χ4v) is 3.46. The Kier molecular flexibility index (Phi) is 2.09. The first-order valence-corrected chi connectivity index (χ1v) is 7.06. The Morgan fingerprint density at radius 1 is 1.05 bits per heavy atom. The van der Waals surface area contributed by atoms with Crippen LogP contribution in [0.5, 0.6) is 0 Å². The van der Waals surface area contributed by atoms with Crippen molar-refractivity contribution in [2.75, 3.05) is 0 Å². The molecule has 0 saturated heterocycles. The summed E-state index contributed by atoms with van der Waals surface area (Å²) in [6.07, 6.45) is 11.7. The second-order valence-corrected chi connectivity index (χ2v) is 6.44. The fourth-order valence-electron chi connectivity index (χ4n) is 3.46. The van der Waals surface area contributed by atoms with Crippen molar-refractivity contribution in [1.82, 2.24) is 0 Å². The molecule has 1 aromatic carbocycles. The summed E-state index contributed by atoms with van der Waals surface area (Å²) in [5.74, 6) is 0. The van der Waals surface area contributed by atoms with Crippen molar-refractivity contribution in [3.8, 4) is 0 Å². The molecule has 0 N–H and O–H groups in total. The van der Waals surface area contributed by atoms with E-state index in [-0.39, 0.29) is 5.41 Å². The van der Waals surface area contributed by atoms with Crippen molar-refractivity contribution in [2.24, 2.45) is 5.41 Å². The summed E-state index contributed by atoms with van der Waals surface area (Å²) in [5.41, 5.74) is 9.17. The maximum Gasteiger partial charge on any atom is 0.00139 e. The lowest BCUT2D eigenvalue weighted by atomic mass is 9.78. The lowest BCUT2D eigenvalue weighted by Gasteiger charge is -2.27. The molecule has 0 spiro atoms. The molecule has 0 atom stereocenters. The van der Waals surface area contributed by atoms with Crippen molar-refractivity contribution >= 4 is 5.57 Å². The number of benzene rings is 1. The van der Waals surface area contributed by atoms with E-state index in [0.29, 0.717) is 0 Å². The van der Waals surface area contributed by atoms with Crippen LogP contribution in [0.4, 0.5) is 0 Å². The second kappa shape index (κ2) is 3.60. The third-order valence-electron chi connectivity index (χ3n) is 4.42. The first kappa shape index (κ1) is 11.0. The van der Waals surface area contributed by atoms with Crippen LogP contribution in [0.15, 0.2) is 65.3 Å². The van der Waals surface area contributed by atoms with Crippen LogP contribution in [-0.2, 0) is 6.42 Å². The zero-order valence-electron chi connectivity index (χ0n) is 11.5. The Morgan fingerprint density at radius 2 is 1.89 bits per heavy atom. The number of fused-ring (bicyclic) bond motifs is 3. The highest BCUT2D eigenvalue weighted by atomic mass is 14.3. The average Bonchev–Trinajstić information content (AvgIpc) is 2.73. The molecule has 0 bridgehead atoms. The second-order valence-electron chi connectivity index (χ2n) is 6.44.